The molecule has 0 spiro atoms. The Morgan fingerprint density at radius 2 is 2.07 bits per heavy atom. The first-order chi connectivity index (χ1) is 13.8. The molecule has 6 nitrogen and oxygen atoms in total. The van der Waals surface area contributed by atoms with Crippen LogP contribution in [0.15, 0.2) is 41.7 Å². The normalized spacial score (nSPS) is 11.6. The van der Waals surface area contributed by atoms with E-state index >= 15 is 0 Å². The number of carbonyl (C=O) groups is 1. The van der Waals surface area contributed by atoms with Crippen LogP contribution in [-0.4, -0.2) is 39.9 Å². The van der Waals surface area contributed by atoms with Crippen LogP contribution in [0, 0.1) is 0 Å². The number of carbonyl (C=O) groups excluding carboxylic acids is 1. The van der Waals surface area contributed by atoms with Gasteiger partial charge in [-0.3, -0.25) is 9.20 Å². The highest BCUT2D eigenvalue weighted by Gasteiger charge is 2.32. The van der Waals surface area contributed by atoms with Gasteiger partial charge in [-0.15, -0.1) is 10.2 Å². The molecule has 1 amide bonds. The summed E-state index contributed by atoms with van der Waals surface area (Å²) in [7, 11) is 1.58. The molecule has 0 radical (unpaired) electrons. The van der Waals surface area contributed by atoms with E-state index < -0.39 is 11.7 Å². The number of nitrogens with one attached hydrogen (secondary N) is 1. The van der Waals surface area contributed by atoms with Crippen LogP contribution in [0.3, 0.4) is 0 Å². The van der Waals surface area contributed by atoms with Crippen LogP contribution >= 0.6 is 23.4 Å². The number of hydrogen-bond donors (Lipinski definition) is 1. The molecule has 0 aliphatic heterocycles. The third kappa shape index (κ3) is 5.13. The summed E-state index contributed by atoms with van der Waals surface area (Å²) in [6.07, 6.45) is -3.11. The van der Waals surface area contributed by atoms with E-state index in [4.69, 9.17) is 16.3 Å². The lowest BCUT2D eigenvalue weighted by atomic mass is 10.1. The van der Waals surface area contributed by atoms with Gasteiger partial charge in [0.2, 0.25) is 5.91 Å². The van der Waals surface area contributed by atoms with Crippen LogP contribution in [0.1, 0.15) is 11.1 Å². The summed E-state index contributed by atoms with van der Waals surface area (Å²) in [4.78, 5) is 12.1. The third-order valence-corrected chi connectivity index (χ3v) is 5.22. The lowest BCUT2D eigenvalue weighted by Gasteiger charge is -2.09. The summed E-state index contributed by atoms with van der Waals surface area (Å²) in [6.45, 7) is 0.393. The van der Waals surface area contributed by atoms with Gasteiger partial charge in [0.15, 0.2) is 10.8 Å². The Morgan fingerprint density at radius 3 is 2.79 bits per heavy atom. The molecule has 3 rings (SSSR count). The fourth-order valence-electron chi connectivity index (χ4n) is 2.61. The molecule has 1 N–H and O–H groups in total. The summed E-state index contributed by atoms with van der Waals surface area (Å²) in [5, 5.41) is 10.4. The maximum Gasteiger partial charge on any atom is 0.417 e. The molecule has 11 heteroatoms. The van der Waals surface area contributed by atoms with Crippen LogP contribution < -0.4 is 10.1 Å². The molecule has 0 aliphatic rings. The van der Waals surface area contributed by atoms with Crippen molar-refractivity contribution < 1.29 is 22.7 Å². The third-order valence-electron chi connectivity index (χ3n) is 4.00. The van der Waals surface area contributed by atoms with E-state index in [-0.39, 0.29) is 27.5 Å². The lowest BCUT2D eigenvalue weighted by Crippen LogP contribution is -2.27. The van der Waals surface area contributed by atoms with Gasteiger partial charge in [0.05, 0.1) is 23.4 Å². The van der Waals surface area contributed by atoms with E-state index in [2.05, 4.69) is 15.5 Å². The second-order valence-electron chi connectivity index (χ2n) is 5.95. The highest BCUT2D eigenvalue weighted by atomic mass is 35.5. The summed E-state index contributed by atoms with van der Waals surface area (Å²) in [6, 6.07) is 8.28. The number of fused-ring (bicyclic) bond motifs is 1. The highest BCUT2D eigenvalue weighted by Crippen LogP contribution is 2.33. The Bertz CT molecular complexity index is 1030. The van der Waals surface area contributed by atoms with Crippen LogP contribution in [0.5, 0.6) is 5.75 Å². The Morgan fingerprint density at radius 1 is 1.31 bits per heavy atom. The minimum absolute atomic E-state index is 0.0272. The molecule has 0 fully saturated rings. The molecule has 0 aliphatic carbocycles. The molecule has 29 heavy (non-hydrogen) atoms. The minimum atomic E-state index is -4.56. The predicted octanol–water partition coefficient (Wildman–Crippen LogP) is 3.86. The molecule has 0 bridgehead atoms. The molecular formula is C18H16ClF3N4O2S. The van der Waals surface area contributed by atoms with E-state index in [1.807, 2.05) is 24.3 Å². The Kier molecular flexibility index (Phi) is 6.53. The molecule has 0 saturated heterocycles. The second kappa shape index (κ2) is 8.91. The van der Waals surface area contributed by atoms with Crippen molar-refractivity contribution in [3.8, 4) is 5.75 Å². The fourth-order valence-corrected chi connectivity index (χ4v) is 3.60. The number of halogens is 4. The van der Waals surface area contributed by atoms with Gasteiger partial charge in [0, 0.05) is 12.7 Å². The van der Waals surface area contributed by atoms with E-state index in [1.165, 1.54) is 0 Å². The van der Waals surface area contributed by atoms with Crippen molar-refractivity contribution in [2.24, 2.45) is 0 Å². The molecule has 0 unspecified atom stereocenters. The van der Waals surface area contributed by atoms with Crippen LogP contribution in [0.4, 0.5) is 13.2 Å². The molecule has 154 valence electrons. The van der Waals surface area contributed by atoms with Crippen LogP contribution in [0.25, 0.3) is 5.65 Å². The zero-order valence-electron chi connectivity index (χ0n) is 15.2. The summed E-state index contributed by atoms with van der Waals surface area (Å²) < 4.78 is 45.4. The van der Waals surface area contributed by atoms with Crippen LogP contribution in [-0.2, 0) is 17.4 Å². The fraction of sp³-hybridized carbons (Fsp3) is 0.278. The number of nitrogens with zero attached hydrogens (tertiary/aromatic N) is 3. The van der Waals surface area contributed by atoms with E-state index in [0.29, 0.717) is 13.0 Å². The number of para-hydroxylation sites is 1. The molecule has 0 atom stereocenters. The predicted molar refractivity (Wildman–Crippen MR) is 103 cm³/mol. The van der Waals surface area contributed by atoms with Gasteiger partial charge in [0.1, 0.15) is 5.75 Å². The Labute approximate surface area is 173 Å². The average Bonchev–Trinajstić information content (AvgIpc) is 3.10. The van der Waals surface area contributed by atoms with Crippen molar-refractivity contribution >= 4 is 34.9 Å². The number of methoxy groups -OCH3 is 1. The van der Waals surface area contributed by atoms with Crippen molar-refractivity contribution in [1.82, 2.24) is 19.9 Å². The standard InChI is InChI=1S/C18H16ClF3N4O2S/c1-28-14-5-3-2-4-11(14)6-7-23-15(27)10-29-17-25-24-16-13(19)8-12(9-26(16)17)18(20,21)22/h2-5,8-9H,6-7,10H2,1H3,(H,23,27). The first-order valence-electron chi connectivity index (χ1n) is 8.42. The van der Waals surface area contributed by atoms with Gasteiger partial charge in [-0.25, -0.2) is 0 Å². The lowest BCUT2D eigenvalue weighted by molar-refractivity contribution is -0.137. The Hall–Kier alpha value is -2.46. The summed E-state index contributed by atoms with van der Waals surface area (Å²) in [5.74, 6) is 0.434. The number of ether oxygens (including phenoxy) is 1. The number of aromatic nitrogens is 3. The van der Waals surface area contributed by atoms with Gasteiger partial charge in [-0.05, 0) is 24.1 Å². The zero-order valence-corrected chi connectivity index (χ0v) is 16.7. The van der Waals surface area contributed by atoms with E-state index in [9.17, 15) is 18.0 Å². The maximum atomic E-state index is 13.0. The average molecular weight is 445 g/mol. The zero-order chi connectivity index (χ0) is 21.0. The van der Waals surface area contributed by atoms with Crippen molar-refractivity contribution in [2.75, 3.05) is 19.4 Å². The van der Waals surface area contributed by atoms with Crippen molar-refractivity contribution in [3.05, 3.63) is 52.7 Å². The molecule has 1 aromatic carbocycles. The smallest absolute Gasteiger partial charge is 0.417 e. The molecule has 2 aromatic heterocycles. The SMILES string of the molecule is COc1ccccc1CCNC(=O)CSc1nnc2c(Cl)cc(C(F)(F)F)cn12. The first-order valence-corrected chi connectivity index (χ1v) is 9.79. The van der Waals surface area contributed by atoms with Crippen LogP contribution in [0.2, 0.25) is 5.02 Å². The molecular weight excluding hydrogens is 429 g/mol. The van der Waals surface area contributed by atoms with Gasteiger partial charge < -0.3 is 10.1 Å². The number of hydrogen-bond acceptors (Lipinski definition) is 5. The molecule has 3 aromatic rings. The molecule has 2 heterocycles. The number of pyridine rings is 1. The summed E-state index contributed by atoms with van der Waals surface area (Å²) >= 11 is 6.85. The maximum absolute atomic E-state index is 13.0. The second-order valence-corrected chi connectivity index (χ2v) is 7.30. The monoisotopic (exact) mass is 444 g/mol. The van der Waals surface area contributed by atoms with Gasteiger partial charge in [0.25, 0.3) is 0 Å². The van der Waals surface area contributed by atoms with E-state index in [0.717, 1.165) is 39.7 Å². The highest BCUT2D eigenvalue weighted by molar-refractivity contribution is 7.99. The summed E-state index contributed by atoms with van der Waals surface area (Å²) in [5.41, 5.74) is 0.136. The number of alkyl halides is 3. The number of amides is 1. The van der Waals surface area contributed by atoms with E-state index in [1.54, 1.807) is 7.11 Å². The van der Waals surface area contributed by atoms with Gasteiger partial charge in [-0.1, -0.05) is 41.6 Å². The Balaban J connectivity index is 1.60. The van der Waals surface area contributed by atoms with Crippen molar-refractivity contribution in [2.45, 2.75) is 17.8 Å². The molecule has 0 saturated carbocycles. The topological polar surface area (TPSA) is 68.5 Å². The minimum Gasteiger partial charge on any atom is -0.496 e. The number of benzene rings is 1. The first kappa shape index (κ1) is 21.3. The quantitative estimate of drug-likeness (QED) is 0.560. The number of thioether (sulfide) groups is 1. The largest absolute Gasteiger partial charge is 0.496 e. The van der Waals surface area contributed by atoms with Crippen molar-refractivity contribution in [3.63, 3.8) is 0 Å². The van der Waals surface area contributed by atoms with Crippen molar-refractivity contribution in [1.29, 1.82) is 0 Å². The number of rotatable bonds is 7. The van der Waals surface area contributed by atoms with Gasteiger partial charge >= 0.3 is 6.18 Å². The van der Waals surface area contributed by atoms with Gasteiger partial charge in [-0.2, -0.15) is 13.2 Å².